The molecule has 1 heteroatoms. The van der Waals surface area contributed by atoms with E-state index in [0.29, 0.717) is 17.9 Å². The van der Waals surface area contributed by atoms with Gasteiger partial charge >= 0.3 is 0 Å². The SMILES string of the molecule is C=C(CC)C(C1CC1C)C(N=CC)C(C)C. The van der Waals surface area contributed by atoms with Gasteiger partial charge in [-0.1, -0.05) is 39.8 Å². The van der Waals surface area contributed by atoms with Gasteiger partial charge in [-0.3, -0.25) is 4.99 Å². The van der Waals surface area contributed by atoms with Crippen molar-refractivity contribution in [2.24, 2.45) is 28.7 Å². The van der Waals surface area contributed by atoms with Crippen LogP contribution in [0.3, 0.4) is 0 Å². The van der Waals surface area contributed by atoms with Crippen LogP contribution >= 0.6 is 0 Å². The molecule has 0 radical (unpaired) electrons. The molecular weight excluding hydrogens is 194 g/mol. The number of aliphatic imine (C=N–C) groups is 1. The van der Waals surface area contributed by atoms with Crippen molar-refractivity contribution in [1.82, 2.24) is 0 Å². The smallest absolute Gasteiger partial charge is 0.0586 e. The number of hydrogen-bond donors (Lipinski definition) is 0. The van der Waals surface area contributed by atoms with Crippen LogP contribution in [0.4, 0.5) is 0 Å². The van der Waals surface area contributed by atoms with Crippen LogP contribution in [0, 0.1) is 23.7 Å². The van der Waals surface area contributed by atoms with E-state index in [9.17, 15) is 0 Å². The molecule has 4 unspecified atom stereocenters. The third-order valence-corrected chi connectivity index (χ3v) is 3.93. The number of nitrogens with zero attached hydrogens (tertiary/aromatic N) is 1. The fraction of sp³-hybridized carbons (Fsp3) is 0.800. The van der Waals surface area contributed by atoms with Crippen LogP contribution in [0.2, 0.25) is 0 Å². The van der Waals surface area contributed by atoms with Crippen LogP contribution in [0.25, 0.3) is 0 Å². The first-order valence-electron chi connectivity index (χ1n) is 6.68. The lowest BCUT2D eigenvalue weighted by Crippen LogP contribution is -2.28. The van der Waals surface area contributed by atoms with Gasteiger partial charge in [0.15, 0.2) is 0 Å². The van der Waals surface area contributed by atoms with Gasteiger partial charge < -0.3 is 0 Å². The van der Waals surface area contributed by atoms with Crippen LogP contribution in [-0.4, -0.2) is 12.3 Å². The largest absolute Gasteiger partial charge is 0.294 e. The predicted molar refractivity (Wildman–Crippen MR) is 73.0 cm³/mol. The Labute approximate surface area is 101 Å². The molecule has 0 aromatic heterocycles. The Hall–Kier alpha value is -0.590. The summed E-state index contributed by atoms with van der Waals surface area (Å²) in [6, 6.07) is 0.437. The molecule has 4 atom stereocenters. The summed E-state index contributed by atoms with van der Waals surface area (Å²) < 4.78 is 0. The van der Waals surface area contributed by atoms with Crippen LogP contribution < -0.4 is 0 Å². The van der Waals surface area contributed by atoms with Crippen molar-refractivity contribution in [3.63, 3.8) is 0 Å². The molecule has 0 spiro atoms. The van der Waals surface area contributed by atoms with Gasteiger partial charge in [0, 0.05) is 5.92 Å². The highest BCUT2D eigenvalue weighted by Gasteiger charge is 2.44. The highest BCUT2D eigenvalue weighted by Crippen LogP contribution is 2.49. The van der Waals surface area contributed by atoms with E-state index in [2.05, 4.69) is 34.3 Å². The minimum Gasteiger partial charge on any atom is -0.294 e. The quantitative estimate of drug-likeness (QED) is 0.467. The first kappa shape index (κ1) is 13.5. The lowest BCUT2D eigenvalue weighted by atomic mass is 9.80. The normalized spacial score (nSPS) is 28.4. The second-order valence-corrected chi connectivity index (χ2v) is 5.56. The van der Waals surface area contributed by atoms with Crippen molar-refractivity contribution in [2.45, 2.75) is 53.5 Å². The Kier molecular flexibility index (Phi) is 4.76. The molecule has 0 bridgehead atoms. The molecule has 0 N–H and O–H groups in total. The molecule has 1 aliphatic carbocycles. The van der Waals surface area contributed by atoms with Gasteiger partial charge in [-0.2, -0.15) is 0 Å². The maximum Gasteiger partial charge on any atom is 0.0586 e. The summed E-state index contributed by atoms with van der Waals surface area (Å²) in [7, 11) is 0. The summed E-state index contributed by atoms with van der Waals surface area (Å²) in [6.07, 6.45) is 4.43. The molecule has 1 rings (SSSR count). The van der Waals surface area contributed by atoms with E-state index in [-0.39, 0.29) is 0 Å². The summed E-state index contributed by atoms with van der Waals surface area (Å²) in [5.74, 6) is 2.93. The van der Waals surface area contributed by atoms with E-state index in [1.54, 1.807) is 0 Å². The standard InChI is InChI=1S/C15H27N/c1-7-11(5)14(13-9-12(13)6)15(10(3)4)16-8-2/h8,10,12-15H,5,7,9H2,1-4,6H3. The van der Waals surface area contributed by atoms with Gasteiger partial charge in [0.2, 0.25) is 0 Å². The molecule has 0 aromatic carbocycles. The highest BCUT2D eigenvalue weighted by molar-refractivity contribution is 5.53. The van der Waals surface area contributed by atoms with E-state index in [1.807, 2.05) is 13.1 Å². The summed E-state index contributed by atoms with van der Waals surface area (Å²) in [5, 5.41) is 0. The molecule has 1 fully saturated rings. The zero-order valence-electron chi connectivity index (χ0n) is 11.5. The molecular formula is C15H27N. The molecule has 0 aliphatic heterocycles. The molecule has 1 saturated carbocycles. The first-order chi connectivity index (χ1) is 7.52. The van der Waals surface area contributed by atoms with Gasteiger partial charge in [0.25, 0.3) is 0 Å². The van der Waals surface area contributed by atoms with Gasteiger partial charge in [0.05, 0.1) is 6.04 Å². The predicted octanol–water partition coefficient (Wildman–Crippen LogP) is 4.34. The van der Waals surface area contributed by atoms with Crippen molar-refractivity contribution in [2.75, 3.05) is 0 Å². The Morgan fingerprint density at radius 3 is 2.38 bits per heavy atom. The second kappa shape index (κ2) is 5.65. The van der Waals surface area contributed by atoms with E-state index in [4.69, 9.17) is 4.99 Å². The summed E-state index contributed by atoms with van der Waals surface area (Å²) in [6.45, 7) is 15.4. The van der Waals surface area contributed by atoms with E-state index in [0.717, 1.165) is 18.3 Å². The van der Waals surface area contributed by atoms with E-state index in [1.165, 1.54) is 12.0 Å². The zero-order chi connectivity index (χ0) is 12.3. The molecule has 0 amide bonds. The monoisotopic (exact) mass is 221 g/mol. The van der Waals surface area contributed by atoms with E-state index >= 15 is 0 Å². The first-order valence-corrected chi connectivity index (χ1v) is 6.68. The molecule has 0 heterocycles. The maximum absolute atomic E-state index is 4.70. The molecule has 1 aliphatic rings. The van der Waals surface area contributed by atoms with Crippen LogP contribution in [-0.2, 0) is 0 Å². The molecule has 0 aromatic rings. The summed E-state index contributed by atoms with van der Waals surface area (Å²) in [4.78, 5) is 4.70. The minimum absolute atomic E-state index is 0.437. The van der Waals surface area contributed by atoms with Crippen molar-refractivity contribution in [3.05, 3.63) is 12.2 Å². The average Bonchev–Trinajstić information content (AvgIpc) is 2.94. The molecule has 0 saturated heterocycles. The van der Waals surface area contributed by atoms with Gasteiger partial charge in [-0.05, 0) is 43.7 Å². The van der Waals surface area contributed by atoms with Crippen molar-refractivity contribution < 1.29 is 0 Å². The summed E-state index contributed by atoms with van der Waals surface area (Å²) >= 11 is 0. The Morgan fingerprint density at radius 2 is 2.06 bits per heavy atom. The van der Waals surface area contributed by atoms with Crippen LogP contribution in [0.15, 0.2) is 17.1 Å². The van der Waals surface area contributed by atoms with Crippen molar-refractivity contribution in [1.29, 1.82) is 0 Å². The topological polar surface area (TPSA) is 12.4 Å². The lowest BCUT2D eigenvalue weighted by Gasteiger charge is -2.29. The van der Waals surface area contributed by atoms with Crippen LogP contribution in [0.5, 0.6) is 0 Å². The highest BCUT2D eigenvalue weighted by atomic mass is 14.8. The van der Waals surface area contributed by atoms with Crippen molar-refractivity contribution >= 4 is 6.21 Å². The Morgan fingerprint density at radius 1 is 1.50 bits per heavy atom. The molecule has 92 valence electrons. The second-order valence-electron chi connectivity index (χ2n) is 5.56. The lowest BCUT2D eigenvalue weighted by molar-refractivity contribution is 0.337. The number of hydrogen-bond acceptors (Lipinski definition) is 1. The Balaban J connectivity index is 2.84. The number of rotatable bonds is 6. The third-order valence-electron chi connectivity index (χ3n) is 3.93. The average molecular weight is 221 g/mol. The van der Waals surface area contributed by atoms with Crippen LogP contribution in [0.1, 0.15) is 47.5 Å². The zero-order valence-corrected chi connectivity index (χ0v) is 11.5. The van der Waals surface area contributed by atoms with E-state index < -0.39 is 0 Å². The molecule has 16 heavy (non-hydrogen) atoms. The maximum atomic E-state index is 4.70. The van der Waals surface area contributed by atoms with Gasteiger partial charge in [-0.15, -0.1) is 0 Å². The molecule has 1 nitrogen and oxygen atoms in total. The summed E-state index contributed by atoms with van der Waals surface area (Å²) in [5.41, 5.74) is 1.40. The third kappa shape index (κ3) is 2.96. The Bertz CT molecular complexity index is 265. The fourth-order valence-corrected chi connectivity index (χ4v) is 2.74. The minimum atomic E-state index is 0.437. The van der Waals surface area contributed by atoms with Gasteiger partial charge in [0.1, 0.15) is 0 Å². The van der Waals surface area contributed by atoms with Crippen molar-refractivity contribution in [3.8, 4) is 0 Å². The van der Waals surface area contributed by atoms with Gasteiger partial charge in [-0.25, -0.2) is 0 Å². The fourth-order valence-electron chi connectivity index (χ4n) is 2.74.